The Morgan fingerprint density at radius 2 is 2.14 bits per heavy atom. The molecule has 0 aliphatic heterocycles. The lowest BCUT2D eigenvalue weighted by Gasteiger charge is -2.10. The van der Waals surface area contributed by atoms with Gasteiger partial charge in [0.25, 0.3) is 0 Å². The van der Waals surface area contributed by atoms with Gasteiger partial charge in [-0.1, -0.05) is 35.0 Å². The Kier molecular flexibility index (Phi) is 7.24. The molecule has 14 heavy (non-hydrogen) atoms. The molecule has 3 heteroatoms. The van der Waals surface area contributed by atoms with E-state index < -0.39 is 0 Å². The summed E-state index contributed by atoms with van der Waals surface area (Å²) in [6.07, 6.45) is 1.17. The Morgan fingerprint density at radius 3 is 2.71 bits per heavy atom. The Labute approximate surface area is 101 Å². The first-order valence-electron chi connectivity index (χ1n) is 4.70. The van der Waals surface area contributed by atoms with E-state index in [9.17, 15) is 0 Å². The molecular formula is C11H17BrClN. The monoisotopic (exact) mass is 277 g/mol. The molecule has 0 heterocycles. The summed E-state index contributed by atoms with van der Waals surface area (Å²) in [5.41, 5.74) is 1.33. The molecule has 0 spiro atoms. The van der Waals surface area contributed by atoms with Crippen molar-refractivity contribution in [2.75, 3.05) is 0 Å². The van der Waals surface area contributed by atoms with Crippen molar-refractivity contribution < 1.29 is 0 Å². The van der Waals surface area contributed by atoms with Gasteiger partial charge in [0.1, 0.15) is 0 Å². The van der Waals surface area contributed by atoms with E-state index in [-0.39, 0.29) is 12.4 Å². The van der Waals surface area contributed by atoms with Crippen molar-refractivity contribution in [1.82, 2.24) is 5.32 Å². The number of halogens is 2. The fourth-order valence-electron chi connectivity index (χ4n) is 1.08. The average Bonchev–Trinajstić information content (AvgIpc) is 2.14. The third-order valence-corrected chi connectivity index (χ3v) is 2.65. The first-order valence-corrected chi connectivity index (χ1v) is 5.49. The minimum atomic E-state index is 0. The first kappa shape index (κ1) is 13.9. The summed E-state index contributed by atoms with van der Waals surface area (Å²) in [5.74, 6) is 0. The van der Waals surface area contributed by atoms with Gasteiger partial charge in [-0.05, 0) is 31.0 Å². The maximum Gasteiger partial charge on any atom is 0.0208 e. The van der Waals surface area contributed by atoms with Crippen molar-refractivity contribution in [2.24, 2.45) is 0 Å². The van der Waals surface area contributed by atoms with Gasteiger partial charge in [-0.2, -0.15) is 0 Å². The lowest BCUT2D eigenvalue weighted by molar-refractivity contribution is 0.534. The average molecular weight is 279 g/mol. The molecule has 0 aromatic heterocycles. The summed E-state index contributed by atoms with van der Waals surface area (Å²) >= 11 is 3.46. The molecule has 0 bridgehead atoms. The zero-order valence-corrected chi connectivity index (χ0v) is 11.0. The lowest BCUT2D eigenvalue weighted by atomic mass is 10.2. The third-order valence-electron chi connectivity index (χ3n) is 2.16. The van der Waals surface area contributed by atoms with Crippen LogP contribution in [0.2, 0.25) is 0 Å². The highest BCUT2D eigenvalue weighted by atomic mass is 79.9. The van der Waals surface area contributed by atoms with E-state index >= 15 is 0 Å². The van der Waals surface area contributed by atoms with Gasteiger partial charge in [-0.3, -0.25) is 0 Å². The predicted octanol–water partition coefficient (Wildman–Crippen LogP) is 3.76. The van der Waals surface area contributed by atoms with Gasteiger partial charge in [0, 0.05) is 17.1 Å². The van der Waals surface area contributed by atoms with E-state index in [1.54, 1.807) is 0 Å². The molecule has 0 radical (unpaired) electrons. The van der Waals surface area contributed by atoms with Crippen molar-refractivity contribution in [3.05, 3.63) is 34.3 Å². The summed E-state index contributed by atoms with van der Waals surface area (Å²) in [6, 6.07) is 9.00. The number of nitrogens with one attached hydrogen (secondary N) is 1. The summed E-state index contributed by atoms with van der Waals surface area (Å²) in [5, 5.41) is 3.45. The molecule has 80 valence electrons. The Morgan fingerprint density at radius 1 is 1.43 bits per heavy atom. The number of hydrogen-bond donors (Lipinski definition) is 1. The van der Waals surface area contributed by atoms with Gasteiger partial charge in [-0.25, -0.2) is 0 Å². The van der Waals surface area contributed by atoms with Gasteiger partial charge >= 0.3 is 0 Å². The summed E-state index contributed by atoms with van der Waals surface area (Å²) < 4.78 is 1.15. The highest BCUT2D eigenvalue weighted by Gasteiger charge is 1.97. The van der Waals surface area contributed by atoms with Gasteiger partial charge in [0.2, 0.25) is 0 Å². The van der Waals surface area contributed by atoms with Crippen LogP contribution in [0, 0.1) is 0 Å². The third kappa shape index (κ3) is 4.99. The van der Waals surface area contributed by atoms with Crippen LogP contribution in [0.1, 0.15) is 25.8 Å². The van der Waals surface area contributed by atoms with Crippen LogP contribution < -0.4 is 5.32 Å². The van der Waals surface area contributed by atoms with Crippen LogP contribution in [0.15, 0.2) is 28.7 Å². The van der Waals surface area contributed by atoms with Crippen molar-refractivity contribution >= 4 is 28.3 Å². The minimum Gasteiger partial charge on any atom is -0.310 e. The molecular weight excluding hydrogens is 261 g/mol. The molecule has 1 nitrogen and oxygen atoms in total. The van der Waals surface area contributed by atoms with Crippen molar-refractivity contribution in [2.45, 2.75) is 32.9 Å². The van der Waals surface area contributed by atoms with Crippen molar-refractivity contribution in [1.29, 1.82) is 0 Å². The minimum absolute atomic E-state index is 0. The van der Waals surface area contributed by atoms with Gasteiger partial charge in [0.05, 0.1) is 0 Å². The van der Waals surface area contributed by atoms with E-state index in [1.165, 1.54) is 12.0 Å². The van der Waals surface area contributed by atoms with E-state index in [4.69, 9.17) is 0 Å². The van der Waals surface area contributed by atoms with E-state index in [0.717, 1.165) is 11.0 Å². The van der Waals surface area contributed by atoms with Crippen LogP contribution in [0.25, 0.3) is 0 Å². The topological polar surface area (TPSA) is 12.0 Å². The largest absolute Gasteiger partial charge is 0.310 e. The number of rotatable bonds is 4. The van der Waals surface area contributed by atoms with Crippen LogP contribution in [0.3, 0.4) is 0 Å². The zero-order chi connectivity index (χ0) is 9.68. The van der Waals surface area contributed by atoms with Crippen molar-refractivity contribution in [3.63, 3.8) is 0 Å². The van der Waals surface area contributed by atoms with Gasteiger partial charge in [0.15, 0.2) is 0 Å². The molecule has 0 saturated heterocycles. The van der Waals surface area contributed by atoms with Crippen LogP contribution >= 0.6 is 28.3 Å². The predicted molar refractivity (Wildman–Crippen MR) is 68.0 cm³/mol. The second-order valence-corrected chi connectivity index (χ2v) is 4.24. The maximum absolute atomic E-state index is 3.46. The van der Waals surface area contributed by atoms with Crippen LogP contribution in [0.5, 0.6) is 0 Å². The summed E-state index contributed by atoms with van der Waals surface area (Å²) in [7, 11) is 0. The molecule has 0 fully saturated rings. The smallest absolute Gasteiger partial charge is 0.0208 e. The molecule has 0 amide bonds. The van der Waals surface area contributed by atoms with Crippen LogP contribution in [-0.2, 0) is 6.54 Å². The molecule has 0 aliphatic rings. The Bertz CT molecular complexity index is 265. The number of hydrogen-bond acceptors (Lipinski definition) is 1. The van der Waals surface area contributed by atoms with Gasteiger partial charge < -0.3 is 5.32 Å². The molecule has 1 unspecified atom stereocenters. The first-order chi connectivity index (χ1) is 6.22. The quantitative estimate of drug-likeness (QED) is 0.884. The molecule has 1 atom stereocenters. The molecule has 0 aliphatic carbocycles. The van der Waals surface area contributed by atoms with E-state index in [1.807, 2.05) is 6.07 Å². The maximum atomic E-state index is 3.46. The lowest BCUT2D eigenvalue weighted by Crippen LogP contribution is -2.24. The standard InChI is InChI=1S/C11H16BrN.ClH/c1-3-9(2)13-8-10-5-4-6-11(12)7-10;/h4-7,9,13H,3,8H2,1-2H3;1H. The molecule has 1 N–H and O–H groups in total. The van der Waals surface area contributed by atoms with Gasteiger partial charge in [-0.15, -0.1) is 12.4 Å². The van der Waals surface area contributed by atoms with E-state index in [0.29, 0.717) is 6.04 Å². The van der Waals surface area contributed by atoms with Crippen molar-refractivity contribution in [3.8, 4) is 0 Å². The Balaban J connectivity index is 0.00000169. The summed E-state index contributed by atoms with van der Waals surface area (Å²) in [4.78, 5) is 0. The van der Waals surface area contributed by atoms with Crippen LogP contribution in [0.4, 0.5) is 0 Å². The fraction of sp³-hybridized carbons (Fsp3) is 0.455. The normalized spacial score (nSPS) is 11.9. The summed E-state index contributed by atoms with van der Waals surface area (Å²) in [6.45, 7) is 5.35. The molecule has 1 rings (SSSR count). The zero-order valence-electron chi connectivity index (χ0n) is 8.59. The second-order valence-electron chi connectivity index (χ2n) is 3.32. The second kappa shape index (κ2) is 7.27. The van der Waals surface area contributed by atoms with E-state index in [2.05, 4.69) is 53.3 Å². The SMILES string of the molecule is CCC(C)NCc1cccc(Br)c1.Cl. The molecule has 1 aromatic rings. The highest BCUT2D eigenvalue weighted by molar-refractivity contribution is 9.10. The fourth-order valence-corrected chi connectivity index (χ4v) is 1.53. The number of benzene rings is 1. The molecule has 1 aromatic carbocycles. The highest BCUT2D eigenvalue weighted by Crippen LogP contribution is 2.11. The Hall–Kier alpha value is -0.0500. The van der Waals surface area contributed by atoms with Crippen LogP contribution in [-0.4, -0.2) is 6.04 Å². The molecule has 0 saturated carbocycles.